The van der Waals surface area contributed by atoms with Crippen molar-refractivity contribution in [2.24, 2.45) is 11.7 Å². The first kappa shape index (κ1) is 43.7. The third-order valence-electron chi connectivity index (χ3n) is 9.97. The zero-order chi connectivity index (χ0) is 41.0. The number of carbonyl (C=O) groups is 6. The Morgan fingerprint density at radius 1 is 0.946 bits per heavy atom. The van der Waals surface area contributed by atoms with E-state index in [1.807, 2.05) is 30.3 Å². The summed E-state index contributed by atoms with van der Waals surface area (Å²) in [5.74, 6) is -3.31. The average molecular weight is 783 g/mol. The van der Waals surface area contributed by atoms with Crippen LogP contribution in [0.25, 0.3) is 0 Å². The minimum Gasteiger partial charge on any atom is -0.445 e. The molecule has 5 amide bonds. The van der Waals surface area contributed by atoms with Crippen LogP contribution >= 0.6 is 0 Å². The normalized spacial score (nSPS) is 18.7. The summed E-state index contributed by atoms with van der Waals surface area (Å²) in [6.45, 7) is 8.57. The van der Waals surface area contributed by atoms with Crippen LogP contribution in [0.4, 0.5) is 9.59 Å². The van der Waals surface area contributed by atoms with E-state index in [2.05, 4.69) is 26.3 Å². The Morgan fingerprint density at radius 3 is 2.29 bits per heavy atom. The maximum Gasteiger partial charge on any atom is 0.408 e. The number of Topliss-reactive ketones (excluding diaryl/α,β-unsaturated/α-hetero) is 1. The molecular weight excluding hydrogens is 724 g/mol. The highest BCUT2D eigenvalue weighted by Crippen LogP contribution is 2.33. The minimum atomic E-state index is -1.35. The SMILES string of the molecule is CC(C)(C)OC(=O)N[C@H](CC1CCCCC1)C(=O)N1C[C@@H](n2nncc2C(C)(C)O)C[C@H]1C(=O)NC(CCCCNC(=O)OCc1ccccc1)C(=O)C(N)=O. The van der Waals surface area contributed by atoms with E-state index in [1.54, 1.807) is 34.6 Å². The Morgan fingerprint density at radius 2 is 1.64 bits per heavy atom. The van der Waals surface area contributed by atoms with E-state index in [0.717, 1.165) is 37.7 Å². The van der Waals surface area contributed by atoms with Crippen LogP contribution in [-0.2, 0) is 40.9 Å². The van der Waals surface area contributed by atoms with Gasteiger partial charge in [-0.05, 0) is 71.8 Å². The molecule has 2 aromatic rings. The van der Waals surface area contributed by atoms with Crippen molar-refractivity contribution in [3.05, 3.63) is 47.8 Å². The number of amides is 5. The van der Waals surface area contributed by atoms with E-state index in [1.165, 1.54) is 15.8 Å². The lowest BCUT2D eigenvalue weighted by atomic mass is 9.84. The van der Waals surface area contributed by atoms with Gasteiger partial charge in [0.05, 0.1) is 24.0 Å². The number of benzene rings is 1. The second kappa shape index (κ2) is 19.7. The van der Waals surface area contributed by atoms with Crippen LogP contribution in [0.1, 0.15) is 116 Å². The van der Waals surface area contributed by atoms with Crippen LogP contribution in [-0.4, -0.2) is 97.5 Å². The maximum atomic E-state index is 14.6. The maximum absolute atomic E-state index is 14.6. The Balaban J connectivity index is 1.51. The van der Waals surface area contributed by atoms with Gasteiger partial charge in [0.2, 0.25) is 17.6 Å². The summed E-state index contributed by atoms with van der Waals surface area (Å²) >= 11 is 0. The second-order valence-electron chi connectivity index (χ2n) is 16.2. The highest BCUT2D eigenvalue weighted by molar-refractivity contribution is 6.37. The molecule has 308 valence electrons. The minimum absolute atomic E-state index is 0.0226. The number of nitrogens with zero attached hydrogens (tertiary/aromatic N) is 4. The first-order valence-electron chi connectivity index (χ1n) is 19.4. The van der Waals surface area contributed by atoms with E-state index in [-0.39, 0.29) is 38.5 Å². The lowest BCUT2D eigenvalue weighted by Crippen LogP contribution is -2.56. The van der Waals surface area contributed by atoms with Gasteiger partial charge in [-0.3, -0.25) is 19.2 Å². The Labute approximate surface area is 327 Å². The molecule has 4 rings (SSSR count). The predicted octanol–water partition coefficient (Wildman–Crippen LogP) is 3.15. The molecule has 17 nitrogen and oxygen atoms in total. The lowest BCUT2D eigenvalue weighted by Gasteiger charge is -2.32. The number of ether oxygens (including phenoxy) is 2. The van der Waals surface area contributed by atoms with Crippen molar-refractivity contribution in [1.29, 1.82) is 0 Å². The number of nitrogens with one attached hydrogen (secondary N) is 3. The molecule has 0 spiro atoms. The number of primary amides is 1. The van der Waals surface area contributed by atoms with Crippen LogP contribution in [0.5, 0.6) is 0 Å². The highest BCUT2D eigenvalue weighted by Gasteiger charge is 2.45. The van der Waals surface area contributed by atoms with E-state index in [4.69, 9.17) is 15.2 Å². The third-order valence-corrected chi connectivity index (χ3v) is 9.97. The summed E-state index contributed by atoms with van der Waals surface area (Å²) in [5, 5.41) is 27.1. The van der Waals surface area contributed by atoms with Gasteiger partial charge in [-0.25, -0.2) is 14.3 Å². The number of ketones is 1. The van der Waals surface area contributed by atoms with Crippen molar-refractivity contribution in [2.45, 2.75) is 141 Å². The summed E-state index contributed by atoms with van der Waals surface area (Å²) < 4.78 is 12.2. The first-order chi connectivity index (χ1) is 26.4. The number of aromatic nitrogens is 3. The van der Waals surface area contributed by atoms with Crippen molar-refractivity contribution in [2.75, 3.05) is 13.1 Å². The zero-order valence-corrected chi connectivity index (χ0v) is 33.1. The molecule has 17 heteroatoms. The second-order valence-corrected chi connectivity index (χ2v) is 16.2. The van der Waals surface area contributed by atoms with Gasteiger partial charge in [-0.15, -0.1) is 5.10 Å². The van der Waals surface area contributed by atoms with Gasteiger partial charge in [0, 0.05) is 19.5 Å². The number of unbranched alkanes of at least 4 members (excludes halogenated alkanes) is 1. The van der Waals surface area contributed by atoms with Gasteiger partial charge < -0.3 is 41.2 Å². The van der Waals surface area contributed by atoms with Gasteiger partial charge in [-0.1, -0.05) is 67.6 Å². The largest absolute Gasteiger partial charge is 0.445 e. The van der Waals surface area contributed by atoms with Crippen LogP contribution in [0.15, 0.2) is 36.5 Å². The van der Waals surface area contributed by atoms with Gasteiger partial charge in [0.15, 0.2) is 0 Å². The molecule has 6 N–H and O–H groups in total. The van der Waals surface area contributed by atoms with Gasteiger partial charge in [0.1, 0.15) is 29.9 Å². The van der Waals surface area contributed by atoms with E-state index in [9.17, 15) is 33.9 Å². The molecule has 1 aromatic heterocycles. The standard InChI is InChI=1S/C39H58N8O9/c1-38(2,3)56-37(53)44-29(20-25-14-8-6-9-15-25)35(51)46-23-27(47-31(22-42-45-47)39(4,5)54)21-30(46)34(50)43-28(32(48)33(40)49)18-12-13-19-41-36(52)55-24-26-16-10-7-11-17-26/h7,10-11,16-17,22,25,27-30,54H,6,8-9,12-15,18-21,23-24H2,1-5H3,(H2,40,49)(H,41,52)(H,43,50)(H,44,53)/t27-,28?,29+,30-/m0/s1. The molecule has 0 bridgehead atoms. The molecule has 4 atom stereocenters. The number of carbonyl (C=O) groups excluding carboxylic acids is 6. The Kier molecular flexibility index (Phi) is 15.4. The van der Waals surface area contributed by atoms with Crippen molar-refractivity contribution >= 4 is 35.7 Å². The topological polar surface area (TPSA) is 237 Å². The smallest absolute Gasteiger partial charge is 0.408 e. The average Bonchev–Trinajstić information content (AvgIpc) is 3.81. The van der Waals surface area contributed by atoms with Crippen molar-refractivity contribution in [3.63, 3.8) is 0 Å². The number of nitrogens with two attached hydrogens (primary N) is 1. The van der Waals surface area contributed by atoms with Crippen LogP contribution in [0.3, 0.4) is 0 Å². The number of aliphatic hydroxyl groups is 1. The predicted molar refractivity (Wildman–Crippen MR) is 203 cm³/mol. The number of rotatable bonds is 17. The molecule has 1 saturated heterocycles. The van der Waals surface area contributed by atoms with E-state index < -0.39 is 71.1 Å². The molecule has 1 aromatic carbocycles. The van der Waals surface area contributed by atoms with Crippen molar-refractivity contribution < 1.29 is 43.3 Å². The summed E-state index contributed by atoms with van der Waals surface area (Å²) in [7, 11) is 0. The summed E-state index contributed by atoms with van der Waals surface area (Å²) in [6.07, 6.45) is 6.00. The molecule has 1 unspecified atom stereocenters. The number of hydrogen-bond acceptors (Lipinski definition) is 11. The zero-order valence-electron chi connectivity index (χ0n) is 33.1. The number of likely N-dealkylation sites (tertiary alicyclic amines) is 1. The molecule has 2 fully saturated rings. The van der Waals surface area contributed by atoms with Crippen LogP contribution in [0.2, 0.25) is 0 Å². The summed E-state index contributed by atoms with van der Waals surface area (Å²) in [5.41, 5.74) is 4.40. The van der Waals surface area contributed by atoms with E-state index in [0.29, 0.717) is 25.0 Å². The lowest BCUT2D eigenvalue weighted by molar-refractivity contribution is -0.142. The monoisotopic (exact) mass is 782 g/mol. The molecule has 1 aliphatic carbocycles. The molecule has 1 saturated carbocycles. The molecular formula is C39H58N8O9. The Hall–Kier alpha value is -5.06. The quantitative estimate of drug-likeness (QED) is 0.115. The van der Waals surface area contributed by atoms with Crippen LogP contribution in [0, 0.1) is 5.92 Å². The number of hydrogen-bond donors (Lipinski definition) is 5. The van der Waals surface area contributed by atoms with Crippen LogP contribution < -0.4 is 21.7 Å². The van der Waals surface area contributed by atoms with Crippen molar-refractivity contribution in [1.82, 2.24) is 35.8 Å². The van der Waals surface area contributed by atoms with Gasteiger partial charge in [0.25, 0.3) is 5.91 Å². The number of alkyl carbamates (subject to hydrolysis) is 2. The third kappa shape index (κ3) is 13.0. The van der Waals surface area contributed by atoms with E-state index >= 15 is 0 Å². The summed E-state index contributed by atoms with van der Waals surface area (Å²) in [4.78, 5) is 80.5. The van der Waals surface area contributed by atoms with Crippen molar-refractivity contribution in [3.8, 4) is 0 Å². The fourth-order valence-corrected chi connectivity index (χ4v) is 7.21. The summed E-state index contributed by atoms with van der Waals surface area (Å²) in [6, 6.07) is 5.08. The molecule has 2 aliphatic rings. The molecule has 2 heterocycles. The fourth-order valence-electron chi connectivity index (χ4n) is 7.21. The Bertz CT molecular complexity index is 1660. The molecule has 1 aliphatic heterocycles. The van der Waals surface area contributed by atoms with Gasteiger partial charge >= 0.3 is 12.2 Å². The fraction of sp³-hybridized carbons (Fsp3) is 0.641. The van der Waals surface area contributed by atoms with Gasteiger partial charge in [-0.2, -0.15) is 0 Å². The molecule has 0 radical (unpaired) electrons. The highest BCUT2D eigenvalue weighted by atomic mass is 16.6. The first-order valence-corrected chi connectivity index (χ1v) is 19.4. The molecule has 56 heavy (non-hydrogen) atoms.